The lowest BCUT2D eigenvalue weighted by molar-refractivity contribution is -0.244. The van der Waals surface area contributed by atoms with Crippen LogP contribution in [0.5, 0.6) is 0 Å². The van der Waals surface area contributed by atoms with Crippen molar-refractivity contribution in [3.63, 3.8) is 0 Å². The summed E-state index contributed by atoms with van der Waals surface area (Å²) in [5, 5.41) is 0. The maximum atomic E-state index is 12.5. The second-order valence-corrected chi connectivity index (χ2v) is 10.1. The van der Waals surface area contributed by atoms with Gasteiger partial charge >= 0.3 is 5.97 Å². The number of hydrogen-bond donors (Lipinski definition) is 0. The summed E-state index contributed by atoms with van der Waals surface area (Å²) >= 11 is 0. The Balaban J connectivity index is 1.25. The van der Waals surface area contributed by atoms with Crippen LogP contribution in [0.2, 0.25) is 0 Å². The lowest BCUT2D eigenvalue weighted by Gasteiger charge is -2.35. The third-order valence-corrected chi connectivity index (χ3v) is 8.15. The van der Waals surface area contributed by atoms with Crippen molar-refractivity contribution in [2.75, 3.05) is 13.2 Å². The second-order valence-electron chi connectivity index (χ2n) is 10.1. The molecule has 0 N–H and O–H groups in total. The largest absolute Gasteiger partial charge is 0.466 e. The number of ether oxygens (including phenoxy) is 6. The normalized spacial score (nSPS) is 45.8. The summed E-state index contributed by atoms with van der Waals surface area (Å²) in [6, 6.07) is 0. The van der Waals surface area contributed by atoms with E-state index >= 15 is 0 Å². The Morgan fingerprint density at radius 1 is 0.867 bits per heavy atom. The van der Waals surface area contributed by atoms with Crippen molar-refractivity contribution < 1.29 is 33.2 Å². The highest BCUT2D eigenvalue weighted by molar-refractivity contribution is 5.78. The minimum atomic E-state index is -0.631. The van der Waals surface area contributed by atoms with Gasteiger partial charge in [0.25, 0.3) is 0 Å². The van der Waals surface area contributed by atoms with E-state index in [9.17, 15) is 4.79 Å². The topological polar surface area (TPSA) is 72.5 Å². The molecule has 3 heterocycles. The zero-order valence-corrected chi connectivity index (χ0v) is 17.9. The molecule has 0 aromatic heterocycles. The summed E-state index contributed by atoms with van der Waals surface area (Å²) in [4.78, 5) is 12.5. The molecular weight excluding hydrogens is 388 g/mol. The van der Waals surface area contributed by atoms with E-state index in [-0.39, 0.29) is 36.3 Å². The van der Waals surface area contributed by atoms with Crippen LogP contribution in [0.15, 0.2) is 0 Å². The van der Waals surface area contributed by atoms with Crippen molar-refractivity contribution in [2.45, 2.75) is 119 Å². The molecule has 0 amide bonds. The van der Waals surface area contributed by atoms with E-state index in [1.54, 1.807) is 0 Å². The van der Waals surface area contributed by atoms with E-state index in [1.165, 1.54) is 12.8 Å². The minimum absolute atomic E-state index is 0.180. The van der Waals surface area contributed by atoms with Crippen LogP contribution in [0.25, 0.3) is 0 Å². The Morgan fingerprint density at radius 3 is 2.27 bits per heavy atom. The monoisotopic (exact) mass is 422 g/mol. The van der Waals surface area contributed by atoms with Crippen LogP contribution in [0, 0.1) is 5.92 Å². The summed E-state index contributed by atoms with van der Waals surface area (Å²) in [6.07, 6.45) is 10.5. The summed E-state index contributed by atoms with van der Waals surface area (Å²) < 4.78 is 37.9. The fourth-order valence-electron chi connectivity index (χ4n) is 6.58. The third kappa shape index (κ3) is 2.99. The Bertz CT molecular complexity index is 683. The number of esters is 1. The van der Waals surface area contributed by atoms with Gasteiger partial charge < -0.3 is 28.4 Å². The van der Waals surface area contributed by atoms with Gasteiger partial charge in [-0.1, -0.05) is 12.8 Å². The average molecular weight is 423 g/mol. The predicted octanol–water partition coefficient (Wildman–Crippen LogP) is 3.23. The van der Waals surface area contributed by atoms with Gasteiger partial charge in [-0.3, -0.25) is 4.79 Å². The first kappa shape index (κ1) is 19.9. The molecule has 3 saturated heterocycles. The Hall–Kier alpha value is -0.730. The Morgan fingerprint density at radius 2 is 1.57 bits per heavy atom. The molecule has 0 aromatic rings. The molecular formula is C23H34O7. The smallest absolute Gasteiger partial charge is 0.312 e. The fourth-order valence-corrected chi connectivity index (χ4v) is 6.58. The molecule has 5 unspecified atom stereocenters. The fraction of sp³-hybridized carbons (Fsp3) is 0.957. The molecule has 3 saturated carbocycles. The number of fused-ring (bicyclic) bond motifs is 2. The molecule has 0 bridgehead atoms. The highest BCUT2D eigenvalue weighted by Crippen LogP contribution is 2.62. The van der Waals surface area contributed by atoms with Gasteiger partial charge in [0.1, 0.15) is 30.0 Å². The van der Waals surface area contributed by atoms with Gasteiger partial charge in [-0.25, -0.2) is 0 Å². The Kier molecular flexibility index (Phi) is 4.74. The van der Waals surface area contributed by atoms with E-state index in [1.807, 2.05) is 6.92 Å². The molecule has 7 heteroatoms. The highest BCUT2D eigenvalue weighted by Gasteiger charge is 2.77. The van der Waals surface area contributed by atoms with Crippen molar-refractivity contribution in [2.24, 2.45) is 5.92 Å². The van der Waals surface area contributed by atoms with Crippen LogP contribution in [-0.2, 0) is 33.2 Å². The number of rotatable bonds is 3. The average Bonchev–Trinajstić information content (AvgIpc) is 3.01. The molecule has 0 radical (unpaired) electrons. The molecule has 7 nitrogen and oxygen atoms in total. The zero-order valence-electron chi connectivity index (χ0n) is 17.9. The molecule has 6 rings (SSSR count). The number of carbonyl (C=O) groups excluding carboxylic acids is 1. The maximum Gasteiger partial charge on any atom is 0.312 e. The SMILES string of the molecule is CCOC(=O)C1CC12OC([C@@H]1COC3(CCCCC3)O1)C1OC3(CCCCC3)OC12. The predicted molar refractivity (Wildman–Crippen MR) is 105 cm³/mol. The first-order chi connectivity index (χ1) is 14.6. The van der Waals surface area contributed by atoms with Gasteiger partial charge in [0.2, 0.25) is 0 Å². The lowest BCUT2D eigenvalue weighted by Crippen LogP contribution is -2.43. The summed E-state index contributed by atoms with van der Waals surface area (Å²) in [7, 11) is 0. The van der Waals surface area contributed by atoms with E-state index in [4.69, 9.17) is 28.4 Å². The number of hydrogen-bond acceptors (Lipinski definition) is 7. The van der Waals surface area contributed by atoms with E-state index in [2.05, 4.69) is 0 Å². The molecule has 3 aliphatic heterocycles. The van der Waals surface area contributed by atoms with E-state index < -0.39 is 17.2 Å². The van der Waals surface area contributed by atoms with Crippen LogP contribution in [0.1, 0.15) is 77.6 Å². The zero-order chi connectivity index (χ0) is 20.4. The first-order valence-corrected chi connectivity index (χ1v) is 12.1. The van der Waals surface area contributed by atoms with E-state index in [0.29, 0.717) is 19.6 Å². The minimum Gasteiger partial charge on any atom is -0.466 e. The summed E-state index contributed by atoms with van der Waals surface area (Å²) in [5.41, 5.74) is -0.631. The van der Waals surface area contributed by atoms with Gasteiger partial charge in [0, 0.05) is 25.7 Å². The summed E-state index contributed by atoms with van der Waals surface area (Å²) in [6.45, 7) is 2.74. The quantitative estimate of drug-likeness (QED) is 0.647. The second kappa shape index (κ2) is 7.14. The molecule has 6 aliphatic rings. The molecule has 168 valence electrons. The first-order valence-electron chi connectivity index (χ1n) is 12.1. The molecule has 30 heavy (non-hydrogen) atoms. The van der Waals surface area contributed by atoms with Crippen molar-refractivity contribution in [1.82, 2.24) is 0 Å². The van der Waals surface area contributed by atoms with Crippen molar-refractivity contribution in [3.05, 3.63) is 0 Å². The third-order valence-electron chi connectivity index (χ3n) is 8.15. The standard InChI is InChI=1S/C23H34O7/c1-2-25-20(24)15-13-23(15)19-18(28-22(30-19)11-7-4-8-12-22)17(29-23)16-14-26-21(27-16)9-5-3-6-10-21/h15-19H,2-14H2,1H3/t15?,16-,17?,18?,19?,23?/m0/s1. The highest BCUT2D eigenvalue weighted by atomic mass is 16.8. The molecule has 3 spiro atoms. The van der Waals surface area contributed by atoms with Crippen molar-refractivity contribution >= 4 is 5.97 Å². The van der Waals surface area contributed by atoms with Gasteiger partial charge in [0.15, 0.2) is 11.6 Å². The van der Waals surface area contributed by atoms with Gasteiger partial charge in [-0.2, -0.15) is 0 Å². The number of carbonyl (C=O) groups is 1. The van der Waals surface area contributed by atoms with Gasteiger partial charge in [-0.15, -0.1) is 0 Å². The van der Waals surface area contributed by atoms with Crippen LogP contribution < -0.4 is 0 Å². The lowest BCUT2D eigenvalue weighted by atomic mass is 9.94. The van der Waals surface area contributed by atoms with Crippen LogP contribution in [0.3, 0.4) is 0 Å². The van der Waals surface area contributed by atoms with Crippen LogP contribution >= 0.6 is 0 Å². The molecule has 0 aromatic carbocycles. The van der Waals surface area contributed by atoms with Crippen molar-refractivity contribution in [3.8, 4) is 0 Å². The molecule has 6 atom stereocenters. The maximum absolute atomic E-state index is 12.5. The van der Waals surface area contributed by atoms with Crippen LogP contribution in [0.4, 0.5) is 0 Å². The van der Waals surface area contributed by atoms with Crippen LogP contribution in [-0.4, -0.2) is 60.8 Å². The van der Waals surface area contributed by atoms with E-state index in [0.717, 1.165) is 51.4 Å². The Labute approximate surface area is 178 Å². The van der Waals surface area contributed by atoms with Crippen molar-refractivity contribution in [1.29, 1.82) is 0 Å². The van der Waals surface area contributed by atoms with Gasteiger partial charge in [0.05, 0.1) is 19.1 Å². The van der Waals surface area contributed by atoms with Gasteiger partial charge in [-0.05, 0) is 39.0 Å². The molecule has 6 fully saturated rings. The summed E-state index contributed by atoms with van der Waals surface area (Å²) in [5.74, 6) is -1.43. The molecule has 3 aliphatic carbocycles.